The Kier molecular flexibility index (Phi) is 3.89. The number of sulfonamides is 1. The van der Waals surface area contributed by atoms with Gasteiger partial charge in [0.05, 0.1) is 6.61 Å². The highest BCUT2D eigenvalue weighted by atomic mass is 32.2. The second-order valence-corrected chi connectivity index (χ2v) is 6.18. The number of para-hydroxylation sites is 1. The SMILES string of the molecule is CC(NS(=O)(=O)c1ccccc1O)C1CCOC1. The Hall–Kier alpha value is -1.11. The molecule has 1 aromatic carbocycles. The molecule has 0 aromatic heterocycles. The Bertz CT molecular complexity index is 509. The number of hydrogen-bond donors (Lipinski definition) is 2. The molecule has 18 heavy (non-hydrogen) atoms. The minimum absolute atomic E-state index is 0.0873. The lowest BCUT2D eigenvalue weighted by Crippen LogP contribution is -2.38. The Morgan fingerprint density at radius 1 is 1.44 bits per heavy atom. The van der Waals surface area contributed by atoms with Crippen molar-refractivity contribution in [2.45, 2.75) is 24.3 Å². The molecule has 100 valence electrons. The van der Waals surface area contributed by atoms with Crippen molar-refractivity contribution < 1.29 is 18.3 Å². The highest BCUT2D eigenvalue weighted by Gasteiger charge is 2.27. The molecule has 1 fully saturated rings. The number of phenolic OH excluding ortho intramolecular Hbond substituents is 1. The maximum absolute atomic E-state index is 12.1. The van der Waals surface area contributed by atoms with E-state index in [2.05, 4.69) is 4.72 Å². The van der Waals surface area contributed by atoms with Crippen LogP contribution in [0, 0.1) is 5.92 Å². The van der Waals surface area contributed by atoms with Crippen LogP contribution in [0.15, 0.2) is 29.2 Å². The monoisotopic (exact) mass is 271 g/mol. The van der Waals surface area contributed by atoms with Crippen LogP contribution >= 0.6 is 0 Å². The van der Waals surface area contributed by atoms with Gasteiger partial charge in [-0.2, -0.15) is 0 Å². The quantitative estimate of drug-likeness (QED) is 0.859. The average molecular weight is 271 g/mol. The molecular weight excluding hydrogens is 254 g/mol. The van der Waals surface area contributed by atoms with Gasteiger partial charge in [0.1, 0.15) is 10.6 Å². The van der Waals surface area contributed by atoms with Crippen molar-refractivity contribution in [3.05, 3.63) is 24.3 Å². The molecule has 0 radical (unpaired) electrons. The number of nitrogens with one attached hydrogen (secondary N) is 1. The smallest absolute Gasteiger partial charge is 0.244 e. The lowest BCUT2D eigenvalue weighted by Gasteiger charge is -2.19. The van der Waals surface area contributed by atoms with E-state index in [1.807, 2.05) is 6.92 Å². The zero-order valence-corrected chi connectivity index (χ0v) is 11.0. The first-order chi connectivity index (χ1) is 8.50. The highest BCUT2D eigenvalue weighted by Crippen LogP contribution is 2.23. The summed E-state index contributed by atoms with van der Waals surface area (Å²) in [6.07, 6.45) is 0.852. The fourth-order valence-corrected chi connectivity index (χ4v) is 3.45. The third-order valence-electron chi connectivity index (χ3n) is 3.17. The minimum Gasteiger partial charge on any atom is -0.507 e. The van der Waals surface area contributed by atoms with E-state index in [-0.39, 0.29) is 22.6 Å². The summed E-state index contributed by atoms with van der Waals surface area (Å²) in [5.74, 6) is -0.0505. The minimum atomic E-state index is -3.68. The number of phenols is 1. The van der Waals surface area contributed by atoms with Gasteiger partial charge >= 0.3 is 0 Å². The molecule has 2 atom stereocenters. The van der Waals surface area contributed by atoms with E-state index in [9.17, 15) is 13.5 Å². The predicted molar refractivity (Wildman–Crippen MR) is 66.8 cm³/mol. The lowest BCUT2D eigenvalue weighted by atomic mass is 10.0. The molecule has 1 aromatic rings. The van der Waals surface area contributed by atoms with Gasteiger partial charge in [-0.05, 0) is 25.5 Å². The zero-order valence-electron chi connectivity index (χ0n) is 10.2. The van der Waals surface area contributed by atoms with Crippen molar-refractivity contribution in [2.75, 3.05) is 13.2 Å². The molecule has 1 saturated heterocycles. The van der Waals surface area contributed by atoms with Gasteiger partial charge < -0.3 is 9.84 Å². The standard InChI is InChI=1S/C12H17NO4S/c1-9(10-6-7-17-8-10)13-18(15,16)12-5-3-2-4-11(12)14/h2-5,9-10,13-14H,6-8H2,1H3. The maximum Gasteiger partial charge on any atom is 0.244 e. The molecule has 0 amide bonds. The summed E-state index contributed by atoms with van der Waals surface area (Å²) in [5, 5.41) is 9.58. The van der Waals surface area contributed by atoms with Crippen LogP contribution in [-0.2, 0) is 14.8 Å². The van der Waals surface area contributed by atoms with Crippen LogP contribution in [0.1, 0.15) is 13.3 Å². The van der Waals surface area contributed by atoms with Crippen LogP contribution in [-0.4, -0.2) is 32.8 Å². The first-order valence-corrected chi connectivity index (χ1v) is 7.37. The molecule has 2 N–H and O–H groups in total. The summed E-state index contributed by atoms with van der Waals surface area (Å²) >= 11 is 0. The summed E-state index contributed by atoms with van der Waals surface area (Å²) in [5.41, 5.74) is 0. The van der Waals surface area contributed by atoms with Crippen molar-refractivity contribution in [1.29, 1.82) is 0 Å². The van der Waals surface area contributed by atoms with E-state index in [0.717, 1.165) is 6.42 Å². The van der Waals surface area contributed by atoms with Gasteiger partial charge in [0, 0.05) is 18.6 Å². The third kappa shape index (κ3) is 2.82. The van der Waals surface area contributed by atoms with Gasteiger partial charge in [0.15, 0.2) is 0 Å². The van der Waals surface area contributed by atoms with Crippen LogP contribution in [0.3, 0.4) is 0 Å². The third-order valence-corrected chi connectivity index (χ3v) is 4.77. The number of aromatic hydroxyl groups is 1. The second kappa shape index (κ2) is 5.26. The van der Waals surface area contributed by atoms with E-state index < -0.39 is 10.0 Å². The molecule has 0 saturated carbocycles. The van der Waals surface area contributed by atoms with E-state index in [1.54, 1.807) is 12.1 Å². The molecule has 0 bridgehead atoms. The summed E-state index contributed by atoms with van der Waals surface area (Å²) in [6.45, 7) is 3.06. The molecule has 5 nitrogen and oxygen atoms in total. The Balaban J connectivity index is 2.14. The van der Waals surface area contributed by atoms with Crippen LogP contribution < -0.4 is 4.72 Å². The van der Waals surface area contributed by atoms with E-state index in [0.29, 0.717) is 13.2 Å². The maximum atomic E-state index is 12.1. The van der Waals surface area contributed by atoms with E-state index >= 15 is 0 Å². The van der Waals surface area contributed by atoms with Crippen molar-refractivity contribution in [3.63, 3.8) is 0 Å². The summed E-state index contributed by atoms with van der Waals surface area (Å²) in [7, 11) is -3.68. The fraction of sp³-hybridized carbons (Fsp3) is 0.500. The fourth-order valence-electron chi connectivity index (χ4n) is 2.04. The molecule has 6 heteroatoms. The molecule has 1 aliphatic rings. The molecule has 1 aliphatic heterocycles. The van der Waals surface area contributed by atoms with Gasteiger partial charge in [-0.15, -0.1) is 0 Å². The molecule has 1 heterocycles. The average Bonchev–Trinajstić information content (AvgIpc) is 2.82. The number of ether oxygens (including phenoxy) is 1. The summed E-state index contributed by atoms with van der Waals surface area (Å²) < 4.78 is 32.0. The predicted octanol–water partition coefficient (Wildman–Crippen LogP) is 1.10. The van der Waals surface area contributed by atoms with Gasteiger partial charge in [0.2, 0.25) is 10.0 Å². The highest BCUT2D eigenvalue weighted by molar-refractivity contribution is 7.89. The van der Waals surface area contributed by atoms with Crippen LogP contribution in [0.4, 0.5) is 0 Å². The topological polar surface area (TPSA) is 75.6 Å². The number of benzene rings is 1. The Labute approximate surface area is 107 Å². The van der Waals surface area contributed by atoms with Crippen molar-refractivity contribution in [3.8, 4) is 5.75 Å². The van der Waals surface area contributed by atoms with Crippen LogP contribution in [0.25, 0.3) is 0 Å². The van der Waals surface area contributed by atoms with Crippen molar-refractivity contribution in [1.82, 2.24) is 4.72 Å². The van der Waals surface area contributed by atoms with E-state index in [4.69, 9.17) is 4.74 Å². The molecular formula is C12H17NO4S. The van der Waals surface area contributed by atoms with Gasteiger partial charge in [-0.3, -0.25) is 0 Å². The zero-order chi connectivity index (χ0) is 13.2. The molecule has 2 rings (SSSR count). The summed E-state index contributed by atoms with van der Waals surface area (Å²) in [6, 6.07) is 5.70. The largest absolute Gasteiger partial charge is 0.507 e. The number of hydrogen-bond acceptors (Lipinski definition) is 4. The molecule has 0 spiro atoms. The Morgan fingerprint density at radius 2 is 2.17 bits per heavy atom. The van der Waals surface area contributed by atoms with E-state index in [1.165, 1.54) is 12.1 Å². The molecule has 2 unspecified atom stereocenters. The lowest BCUT2D eigenvalue weighted by molar-refractivity contribution is 0.180. The first-order valence-electron chi connectivity index (χ1n) is 5.89. The second-order valence-electron chi connectivity index (χ2n) is 4.50. The van der Waals surface area contributed by atoms with Crippen LogP contribution in [0.2, 0.25) is 0 Å². The first kappa shape index (κ1) is 13.3. The van der Waals surface area contributed by atoms with Gasteiger partial charge in [-0.1, -0.05) is 12.1 Å². The van der Waals surface area contributed by atoms with Gasteiger partial charge in [-0.25, -0.2) is 13.1 Å². The van der Waals surface area contributed by atoms with Crippen molar-refractivity contribution in [2.24, 2.45) is 5.92 Å². The summed E-state index contributed by atoms with van der Waals surface area (Å²) in [4.78, 5) is -0.0873. The normalized spacial score (nSPS) is 21.9. The van der Waals surface area contributed by atoms with Crippen LogP contribution in [0.5, 0.6) is 5.75 Å². The van der Waals surface area contributed by atoms with Crippen molar-refractivity contribution >= 4 is 10.0 Å². The molecule has 0 aliphatic carbocycles. The Morgan fingerprint density at radius 3 is 2.78 bits per heavy atom. The number of rotatable bonds is 4. The van der Waals surface area contributed by atoms with Gasteiger partial charge in [0.25, 0.3) is 0 Å².